The van der Waals surface area contributed by atoms with Crippen LogP contribution in [0.3, 0.4) is 0 Å². The lowest BCUT2D eigenvalue weighted by atomic mass is 10.1. The zero-order chi connectivity index (χ0) is 20.8. The highest BCUT2D eigenvalue weighted by Crippen LogP contribution is 2.43. The van der Waals surface area contributed by atoms with Gasteiger partial charge in [0, 0.05) is 17.8 Å². The molecule has 0 unspecified atom stereocenters. The van der Waals surface area contributed by atoms with Crippen molar-refractivity contribution in [1.29, 1.82) is 0 Å². The third-order valence-corrected chi connectivity index (χ3v) is 6.40. The highest BCUT2D eigenvalue weighted by molar-refractivity contribution is 8.00. The number of thioether (sulfide) groups is 1. The quantitative estimate of drug-likeness (QED) is 0.544. The van der Waals surface area contributed by atoms with E-state index in [-0.39, 0.29) is 17.2 Å². The number of aryl methyl sites for hydroxylation is 2. The number of nitrogens with one attached hydrogen (secondary N) is 1. The Labute approximate surface area is 178 Å². The van der Waals surface area contributed by atoms with E-state index in [0.717, 1.165) is 35.3 Å². The zero-order valence-electron chi connectivity index (χ0n) is 17.5. The Bertz CT molecular complexity index is 881. The van der Waals surface area contributed by atoms with Crippen molar-refractivity contribution < 1.29 is 9.59 Å². The lowest BCUT2D eigenvalue weighted by Gasteiger charge is -2.26. The van der Waals surface area contributed by atoms with E-state index in [2.05, 4.69) is 25.2 Å². The van der Waals surface area contributed by atoms with E-state index in [0.29, 0.717) is 12.2 Å². The maximum Gasteiger partial charge on any atom is 0.238 e. The Morgan fingerprint density at radius 3 is 2.72 bits per heavy atom. The number of anilines is 2. The van der Waals surface area contributed by atoms with Crippen LogP contribution in [-0.4, -0.2) is 17.6 Å². The molecule has 2 aromatic carbocycles. The molecule has 1 aliphatic rings. The first-order chi connectivity index (χ1) is 14.0. The molecule has 0 radical (unpaired) electrons. The Morgan fingerprint density at radius 2 is 1.97 bits per heavy atom. The van der Waals surface area contributed by atoms with Gasteiger partial charge in [-0.1, -0.05) is 56.0 Å². The molecule has 1 fully saturated rings. The van der Waals surface area contributed by atoms with Crippen LogP contribution in [0.5, 0.6) is 0 Å². The molecule has 4 nitrogen and oxygen atoms in total. The smallest absolute Gasteiger partial charge is 0.238 e. The van der Waals surface area contributed by atoms with Crippen molar-refractivity contribution in [2.24, 2.45) is 0 Å². The fourth-order valence-corrected chi connectivity index (χ4v) is 4.87. The molecule has 0 aromatic heterocycles. The summed E-state index contributed by atoms with van der Waals surface area (Å²) in [5.74, 6) is 0.642. The highest BCUT2D eigenvalue weighted by atomic mass is 32.2. The second-order valence-corrected chi connectivity index (χ2v) is 8.77. The lowest BCUT2D eigenvalue weighted by molar-refractivity contribution is -0.117. The molecule has 3 rings (SSSR count). The second kappa shape index (κ2) is 9.97. The topological polar surface area (TPSA) is 49.4 Å². The molecule has 1 aliphatic heterocycles. The van der Waals surface area contributed by atoms with Crippen LogP contribution in [0.15, 0.2) is 42.5 Å². The molecule has 1 N–H and O–H groups in total. The predicted molar refractivity (Wildman–Crippen MR) is 122 cm³/mol. The summed E-state index contributed by atoms with van der Waals surface area (Å²) in [6.45, 7) is 6.27. The van der Waals surface area contributed by atoms with Gasteiger partial charge in [0.25, 0.3) is 0 Å². The number of hydrogen-bond donors (Lipinski definition) is 1. The summed E-state index contributed by atoms with van der Waals surface area (Å²) in [6, 6.07) is 14.1. The summed E-state index contributed by atoms with van der Waals surface area (Å²) >= 11 is 1.63. The molecule has 154 valence electrons. The number of nitrogens with zero attached hydrogens (tertiary/aromatic N) is 1. The normalized spacial score (nSPS) is 16.3. The van der Waals surface area contributed by atoms with Crippen LogP contribution >= 0.6 is 11.8 Å². The molecule has 0 bridgehead atoms. The third-order valence-electron chi connectivity index (χ3n) is 5.19. The van der Waals surface area contributed by atoms with Crippen LogP contribution in [-0.2, 0) is 9.59 Å². The van der Waals surface area contributed by atoms with Crippen LogP contribution < -0.4 is 10.2 Å². The molecule has 5 heteroatoms. The molecule has 0 spiro atoms. The Hall–Kier alpha value is -2.27. The first kappa shape index (κ1) is 21.4. The van der Waals surface area contributed by atoms with Crippen LogP contribution in [0.25, 0.3) is 0 Å². The number of amides is 2. The van der Waals surface area contributed by atoms with Crippen LogP contribution in [0.4, 0.5) is 11.4 Å². The van der Waals surface area contributed by atoms with Gasteiger partial charge in [-0.3, -0.25) is 14.5 Å². The van der Waals surface area contributed by atoms with Gasteiger partial charge in [0.15, 0.2) is 0 Å². The molecule has 2 aromatic rings. The molecule has 0 aliphatic carbocycles. The number of rotatable bonds is 8. The monoisotopic (exact) mass is 410 g/mol. The molecule has 1 heterocycles. The van der Waals surface area contributed by atoms with Crippen molar-refractivity contribution in [2.45, 2.75) is 58.2 Å². The summed E-state index contributed by atoms with van der Waals surface area (Å²) in [5, 5.41) is 2.94. The first-order valence-corrected chi connectivity index (χ1v) is 11.4. The van der Waals surface area contributed by atoms with Crippen LogP contribution in [0.1, 0.15) is 61.1 Å². The largest absolute Gasteiger partial charge is 0.326 e. The van der Waals surface area contributed by atoms with Gasteiger partial charge in [-0.2, -0.15) is 0 Å². The maximum absolute atomic E-state index is 12.7. The van der Waals surface area contributed by atoms with Gasteiger partial charge in [-0.15, -0.1) is 11.8 Å². The second-order valence-electron chi connectivity index (χ2n) is 7.70. The van der Waals surface area contributed by atoms with Crippen molar-refractivity contribution in [1.82, 2.24) is 0 Å². The number of benzene rings is 2. The molecular formula is C24H30N2O2S. The van der Waals surface area contributed by atoms with E-state index < -0.39 is 0 Å². The SMILES string of the molecule is CCCCCCC(=O)Nc1cccc([C@H]2SCC(=O)N2c2ccc(C)cc2C)c1. The van der Waals surface area contributed by atoms with Crippen molar-refractivity contribution >= 4 is 35.0 Å². The molecule has 29 heavy (non-hydrogen) atoms. The first-order valence-electron chi connectivity index (χ1n) is 10.4. The number of carbonyl (C=O) groups excluding carboxylic acids is 2. The fourth-order valence-electron chi connectivity index (χ4n) is 3.71. The van der Waals surface area contributed by atoms with E-state index in [4.69, 9.17) is 0 Å². The van der Waals surface area contributed by atoms with Gasteiger partial charge < -0.3 is 5.32 Å². The third kappa shape index (κ3) is 5.41. The summed E-state index contributed by atoms with van der Waals surface area (Å²) in [5.41, 5.74) is 5.07. The summed E-state index contributed by atoms with van der Waals surface area (Å²) in [7, 11) is 0. The van der Waals surface area contributed by atoms with E-state index in [9.17, 15) is 9.59 Å². The number of carbonyl (C=O) groups is 2. The molecular weight excluding hydrogens is 380 g/mol. The number of hydrogen-bond acceptors (Lipinski definition) is 3. The molecule has 0 saturated carbocycles. The van der Waals surface area contributed by atoms with Crippen LogP contribution in [0, 0.1) is 13.8 Å². The Balaban J connectivity index is 1.75. The van der Waals surface area contributed by atoms with E-state index >= 15 is 0 Å². The highest BCUT2D eigenvalue weighted by Gasteiger charge is 2.34. The zero-order valence-corrected chi connectivity index (χ0v) is 18.3. The Kier molecular flexibility index (Phi) is 7.37. The van der Waals surface area contributed by atoms with Crippen molar-refractivity contribution in [3.05, 3.63) is 59.2 Å². The van der Waals surface area contributed by atoms with Gasteiger partial charge in [0.05, 0.1) is 5.75 Å². The van der Waals surface area contributed by atoms with E-state index in [1.165, 1.54) is 18.4 Å². The standard InChI is InChI=1S/C24H30N2O2S/c1-4-5-6-7-11-22(27)25-20-10-8-9-19(15-20)24-26(23(28)16-29-24)21-13-12-17(2)14-18(21)3/h8-10,12-15,24H,4-7,11,16H2,1-3H3,(H,25,27)/t24-/m1/s1. The van der Waals surface area contributed by atoms with Gasteiger partial charge in [-0.05, 0) is 49.6 Å². The predicted octanol–water partition coefficient (Wildman–Crippen LogP) is 5.99. The van der Waals surface area contributed by atoms with Gasteiger partial charge in [0.1, 0.15) is 5.37 Å². The summed E-state index contributed by atoms with van der Waals surface area (Å²) in [4.78, 5) is 26.8. The molecule has 1 saturated heterocycles. The summed E-state index contributed by atoms with van der Waals surface area (Å²) in [6.07, 6.45) is 4.90. The van der Waals surface area contributed by atoms with Gasteiger partial charge in [-0.25, -0.2) is 0 Å². The minimum Gasteiger partial charge on any atom is -0.326 e. The lowest BCUT2D eigenvalue weighted by Crippen LogP contribution is -2.28. The van der Waals surface area contributed by atoms with Crippen LogP contribution in [0.2, 0.25) is 0 Å². The number of unbranched alkanes of at least 4 members (excludes halogenated alkanes) is 3. The van der Waals surface area contributed by atoms with Crippen molar-refractivity contribution in [2.75, 3.05) is 16.0 Å². The fraction of sp³-hybridized carbons (Fsp3) is 0.417. The minimum atomic E-state index is -0.0784. The van der Waals surface area contributed by atoms with E-state index in [1.54, 1.807) is 11.8 Å². The average Bonchev–Trinajstić information content (AvgIpc) is 3.07. The van der Waals surface area contributed by atoms with Gasteiger partial charge >= 0.3 is 0 Å². The van der Waals surface area contributed by atoms with Crippen molar-refractivity contribution in [3.63, 3.8) is 0 Å². The Morgan fingerprint density at radius 1 is 1.14 bits per heavy atom. The van der Waals surface area contributed by atoms with E-state index in [1.807, 2.05) is 48.2 Å². The average molecular weight is 411 g/mol. The maximum atomic E-state index is 12.7. The summed E-state index contributed by atoms with van der Waals surface area (Å²) < 4.78 is 0. The molecule has 2 amide bonds. The van der Waals surface area contributed by atoms with Crippen molar-refractivity contribution in [3.8, 4) is 0 Å². The van der Waals surface area contributed by atoms with Gasteiger partial charge in [0.2, 0.25) is 11.8 Å². The molecule has 1 atom stereocenters. The minimum absolute atomic E-state index is 0.0552.